The monoisotopic (exact) mass is 561 g/mol. The number of halogens is 1. The lowest BCUT2D eigenvalue weighted by molar-refractivity contribution is -0.695. The molecule has 8 heteroatoms. The fourth-order valence-electron chi connectivity index (χ4n) is 4.29. The molecule has 0 saturated carbocycles. The van der Waals surface area contributed by atoms with Crippen LogP contribution in [0, 0.1) is 0 Å². The fourth-order valence-corrected chi connectivity index (χ4v) is 4.29. The summed E-state index contributed by atoms with van der Waals surface area (Å²) in [6, 6.07) is 21.0. The molecule has 0 fully saturated rings. The average Bonchev–Trinajstić information content (AvgIpc) is 3.23. The van der Waals surface area contributed by atoms with Crippen molar-refractivity contribution in [1.29, 1.82) is 0 Å². The van der Waals surface area contributed by atoms with Gasteiger partial charge in [-0.1, -0.05) is 24.3 Å². The number of carbonyl (C=O) groups is 1. The Morgan fingerprint density at radius 1 is 0.971 bits per heavy atom. The molecule has 1 amide bonds. The highest BCUT2D eigenvalue weighted by molar-refractivity contribution is 6.11. The van der Waals surface area contributed by atoms with Gasteiger partial charge in [0.25, 0.3) is 5.56 Å². The summed E-state index contributed by atoms with van der Waals surface area (Å²) in [7, 11) is 0. The second kappa shape index (κ2) is 8.86. The van der Waals surface area contributed by atoms with Crippen LogP contribution in [-0.4, -0.2) is 20.3 Å². The first-order chi connectivity index (χ1) is 16.2. The minimum atomic E-state index is -0.175. The molecule has 6 aromatic rings. The van der Waals surface area contributed by atoms with Gasteiger partial charge >= 0.3 is 0 Å². The highest BCUT2D eigenvalue weighted by Gasteiger charge is 2.13. The maximum atomic E-state index is 13.3. The molecule has 0 atom stereocenters. The number of hydrogen-bond acceptors (Lipinski definition) is 3. The SMILES string of the molecule is O=C(CC[n+]1ccccc1)Nc1ccc2nc3c4[nH]c5ccccc5c4ccn3c(=O)c2c1.[I-]. The molecular weight excluding hydrogens is 541 g/mol. The number of anilines is 1. The molecular formula is C26H20IN5O2. The summed E-state index contributed by atoms with van der Waals surface area (Å²) in [5.74, 6) is -0.112. The van der Waals surface area contributed by atoms with Gasteiger partial charge in [0, 0.05) is 40.3 Å². The summed E-state index contributed by atoms with van der Waals surface area (Å²) in [5, 5.41) is 5.47. The summed E-state index contributed by atoms with van der Waals surface area (Å²) in [6.45, 7) is 0.579. The van der Waals surface area contributed by atoms with Crippen molar-refractivity contribution in [3.05, 3.63) is 95.7 Å². The van der Waals surface area contributed by atoms with Crippen LogP contribution in [0.4, 0.5) is 5.69 Å². The van der Waals surface area contributed by atoms with E-state index >= 15 is 0 Å². The molecule has 0 bridgehead atoms. The third kappa shape index (κ3) is 3.79. The first-order valence-corrected chi connectivity index (χ1v) is 10.8. The van der Waals surface area contributed by atoms with Crippen LogP contribution in [0.1, 0.15) is 6.42 Å². The average molecular weight is 561 g/mol. The summed E-state index contributed by atoms with van der Waals surface area (Å²) in [4.78, 5) is 33.9. The summed E-state index contributed by atoms with van der Waals surface area (Å²) in [6.07, 6.45) is 5.94. The molecule has 0 unspecified atom stereocenters. The number of H-pyrrole nitrogens is 1. The van der Waals surface area contributed by atoms with Crippen molar-refractivity contribution in [3.8, 4) is 0 Å². The van der Waals surface area contributed by atoms with Crippen LogP contribution >= 0.6 is 0 Å². The molecule has 34 heavy (non-hydrogen) atoms. The van der Waals surface area contributed by atoms with Crippen molar-refractivity contribution in [1.82, 2.24) is 14.4 Å². The van der Waals surface area contributed by atoms with Crippen LogP contribution in [-0.2, 0) is 11.3 Å². The molecule has 168 valence electrons. The number of nitrogens with zero attached hydrogens (tertiary/aromatic N) is 3. The molecule has 7 nitrogen and oxygen atoms in total. The molecule has 6 rings (SSSR count). The second-order valence-electron chi connectivity index (χ2n) is 8.03. The third-order valence-electron chi connectivity index (χ3n) is 5.92. The third-order valence-corrected chi connectivity index (χ3v) is 5.92. The topological polar surface area (TPSA) is 83.1 Å². The Balaban J connectivity index is 0.00000241. The Hall–Kier alpha value is -3.79. The first-order valence-electron chi connectivity index (χ1n) is 10.8. The largest absolute Gasteiger partial charge is 1.00 e. The van der Waals surface area contributed by atoms with E-state index in [0.29, 0.717) is 35.2 Å². The van der Waals surface area contributed by atoms with Gasteiger partial charge in [-0.2, -0.15) is 0 Å². The van der Waals surface area contributed by atoms with Crippen LogP contribution in [0.15, 0.2) is 90.1 Å². The van der Waals surface area contributed by atoms with E-state index in [1.807, 2.05) is 59.4 Å². The van der Waals surface area contributed by atoms with Crippen molar-refractivity contribution in [2.45, 2.75) is 13.0 Å². The molecule has 0 saturated heterocycles. The van der Waals surface area contributed by atoms with Crippen LogP contribution in [0.25, 0.3) is 38.4 Å². The maximum Gasteiger partial charge on any atom is 0.265 e. The van der Waals surface area contributed by atoms with Gasteiger partial charge in [-0.25, -0.2) is 9.55 Å². The molecule has 2 aromatic carbocycles. The number of fused-ring (bicyclic) bond motifs is 6. The number of nitrogens with one attached hydrogen (secondary N) is 2. The van der Waals surface area contributed by atoms with Crippen molar-refractivity contribution in [2.24, 2.45) is 0 Å². The van der Waals surface area contributed by atoms with E-state index in [2.05, 4.69) is 16.4 Å². The van der Waals surface area contributed by atoms with Crippen LogP contribution in [0.2, 0.25) is 0 Å². The highest BCUT2D eigenvalue weighted by Crippen LogP contribution is 2.27. The normalized spacial score (nSPS) is 11.2. The number of rotatable bonds is 4. The minimum Gasteiger partial charge on any atom is -1.00 e. The predicted octanol–water partition coefficient (Wildman–Crippen LogP) is 0.802. The number of amides is 1. The molecule has 2 N–H and O–H groups in total. The van der Waals surface area contributed by atoms with Gasteiger partial charge in [0.2, 0.25) is 5.91 Å². The van der Waals surface area contributed by atoms with Crippen molar-refractivity contribution in [2.75, 3.05) is 5.32 Å². The molecule has 0 radical (unpaired) electrons. The van der Waals surface area contributed by atoms with Gasteiger partial charge in [-0.15, -0.1) is 0 Å². The zero-order valence-corrected chi connectivity index (χ0v) is 20.2. The Kier molecular flexibility index (Phi) is 5.74. The second-order valence-corrected chi connectivity index (χ2v) is 8.03. The lowest BCUT2D eigenvalue weighted by atomic mass is 10.1. The zero-order valence-electron chi connectivity index (χ0n) is 18.0. The molecule has 4 heterocycles. The predicted molar refractivity (Wildman–Crippen MR) is 128 cm³/mol. The fraction of sp³-hybridized carbons (Fsp3) is 0.0769. The van der Waals surface area contributed by atoms with Gasteiger partial charge < -0.3 is 34.3 Å². The van der Waals surface area contributed by atoms with E-state index < -0.39 is 0 Å². The Bertz CT molecular complexity index is 1740. The number of aromatic nitrogens is 4. The summed E-state index contributed by atoms with van der Waals surface area (Å²) < 4.78 is 3.50. The van der Waals surface area contributed by atoms with Gasteiger partial charge in [-0.3, -0.25) is 14.0 Å². The maximum absolute atomic E-state index is 13.3. The lowest BCUT2D eigenvalue weighted by Gasteiger charge is -2.08. The van der Waals surface area contributed by atoms with Crippen LogP contribution < -0.4 is 39.4 Å². The molecule has 0 aliphatic rings. The Morgan fingerprint density at radius 3 is 2.65 bits per heavy atom. The number of aromatic amines is 1. The van der Waals surface area contributed by atoms with E-state index in [1.54, 1.807) is 28.8 Å². The number of para-hydroxylation sites is 1. The number of hydrogen-bond donors (Lipinski definition) is 2. The first kappa shape index (κ1) is 22.0. The minimum absolute atomic E-state index is 0. The summed E-state index contributed by atoms with van der Waals surface area (Å²) in [5.41, 5.74) is 3.40. The molecule has 0 spiro atoms. The zero-order chi connectivity index (χ0) is 22.4. The van der Waals surface area contributed by atoms with E-state index in [9.17, 15) is 9.59 Å². The Labute approximate surface area is 211 Å². The van der Waals surface area contributed by atoms with E-state index in [0.717, 1.165) is 21.8 Å². The Morgan fingerprint density at radius 2 is 1.79 bits per heavy atom. The molecule has 0 aliphatic heterocycles. The van der Waals surface area contributed by atoms with Gasteiger partial charge in [0.1, 0.15) is 0 Å². The van der Waals surface area contributed by atoms with Crippen molar-refractivity contribution >= 4 is 50.0 Å². The van der Waals surface area contributed by atoms with Gasteiger partial charge in [0.15, 0.2) is 24.6 Å². The number of aryl methyl sites for hydroxylation is 1. The van der Waals surface area contributed by atoms with Gasteiger partial charge in [-0.05, 0) is 30.3 Å². The summed E-state index contributed by atoms with van der Waals surface area (Å²) >= 11 is 0. The number of carbonyl (C=O) groups excluding carboxylic acids is 1. The van der Waals surface area contributed by atoms with Crippen LogP contribution in [0.3, 0.4) is 0 Å². The van der Waals surface area contributed by atoms with E-state index in [-0.39, 0.29) is 35.4 Å². The smallest absolute Gasteiger partial charge is 0.265 e. The van der Waals surface area contributed by atoms with E-state index in [4.69, 9.17) is 4.98 Å². The highest BCUT2D eigenvalue weighted by atomic mass is 127. The molecule has 0 aliphatic carbocycles. The lowest BCUT2D eigenvalue weighted by Crippen LogP contribution is -3.00. The number of pyridine rings is 2. The van der Waals surface area contributed by atoms with Gasteiger partial charge in [0.05, 0.1) is 22.8 Å². The number of benzene rings is 2. The van der Waals surface area contributed by atoms with Crippen molar-refractivity contribution < 1.29 is 33.3 Å². The molecule has 4 aromatic heterocycles. The standard InChI is InChI=1S/C26H19N5O2.HI/c32-23(11-14-30-12-4-1-5-13-30)27-17-8-9-22-20(16-17)26(33)31-15-10-19-18-6-2-3-7-21(18)28-24(19)25(31)29-22;/h1-10,12-13,15-16H,11,14H2,(H-,27,28,29,32,33);1H. The van der Waals surface area contributed by atoms with Crippen molar-refractivity contribution in [3.63, 3.8) is 0 Å². The quantitative estimate of drug-likeness (QED) is 0.190. The van der Waals surface area contributed by atoms with E-state index in [1.165, 1.54) is 0 Å². The van der Waals surface area contributed by atoms with Crippen LogP contribution in [0.5, 0.6) is 0 Å².